The standard InChI is InChI=1S/C11H20F2N2O2/c1-11(2,3)17-10(16)14-8-4-5-15(6-8)7-9(12)13/h8-9H,4-7H2,1-3H3,(H,14,16). The number of amides is 1. The van der Waals surface area contributed by atoms with Crippen LogP contribution in [-0.4, -0.2) is 48.7 Å². The summed E-state index contributed by atoms with van der Waals surface area (Å²) >= 11 is 0. The first-order valence-corrected chi connectivity index (χ1v) is 5.76. The molecule has 0 radical (unpaired) electrons. The lowest BCUT2D eigenvalue weighted by atomic mass is 10.2. The number of carbonyl (C=O) groups is 1. The highest BCUT2D eigenvalue weighted by Crippen LogP contribution is 2.12. The van der Waals surface area contributed by atoms with Gasteiger partial charge in [-0.1, -0.05) is 0 Å². The predicted octanol–water partition coefficient (Wildman–Crippen LogP) is 1.85. The van der Waals surface area contributed by atoms with Crippen LogP contribution in [0.3, 0.4) is 0 Å². The van der Waals surface area contributed by atoms with Gasteiger partial charge in [0.15, 0.2) is 0 Å². The van der Waals surface area contributed by atoms with Crippen molar-refractivity contribution in [2.45, 2.75) is 45.3 Å². The lowest BCUT2D eigenvalue weighted by Crippen LogP contribution is -2.41. The van der Waals surface area contributed by atoms with E-state index in [0.717, 1.165) is 0 Å². The van der Waals surface area contributed by atoms with Crippen LogP contribution in [0.15, 0.2) is 0 Å². The normalized spacial score (nSPS) is 21.9. The molecule has 0 saturated carbocycles. The van der Waals surface area contributed by atoms with Crippen molar-refractivity contribution in [2.75, 3.05) is 19.6 Å². The van der Waals surface area contributed by atoms with Gasteiger partial charge in [-0.05, 0) is 27.2 Å². The van der Waals surface area contributed by atoms with E-state index in [0.29, 0.717) is 19.5 Å². The van der Waals surface area contributed by atoms with E-state index in [4.69, 9.17) is 4.74 Å². The summed E-state index contributed by atoms with van der Waals surface area (Å²) in [5, 5.41) is 2.69. The zero-order valence-corrected chi connectivity index (χ0v) is 10.5. The third-order valence-electron chi connectivity index (χ3n) is 2.39. The van der Waals surface area contributed by atoms with Crippen molar-refractivity contribution in [1.29, 1.82) is 0 Å². The molecule has 4 nitrogen and oxygen atoms in total. The molecule has 1 fully saturated rings. The maximum Gasteiger partial charge on any atom is 0.407 e. The van der Waals surface area contributed by atoms with Crippen LogP contribution in [0.5, 0.6) is 0 Å². The molecular formula is C11H20F2N2O2. The van der Waals surface area contributed by atoms with Gasteiger partial charge in [-0.15, -0.1) is 0 Å². The summed E-state index contributed by atoms with van der Waals surface area (Å²) in [6.45, 7) is 6.17. The minimum Gasteiger partial charge on any atom is -0.444 e. The number of alkyl carbamates (subject to hydrolysis) is 1. The minimum atomic E-state index is -2.32. The molecular weight excluding hydrogens is 230 g/mol. The van der Waals surface area contributed by atoms with E-state index in [1.807, 2.05) is 0 Å². The monoisotopic (exact) mass is 250 g/mol. The van der Waals surface area contributed by atoms with Crippen LogP contribution < -0.4 is 5.32 Å². The second kappa shape index (κ2) is 5.62. The Bertz CT molecular complexity index is 267. The van der Waals surface area contributed by atoms with Gasteiger partial charge in [-0.3, -0.25) is 4.90 Å². The highest BCUT2D eigenvalue weighted by Gasteiger charge is 2.27. The molecule has 0 aromatic carbocycles. The molecule has 6 heteroatoms. The second-order valence-corrected chi connectivity index (χ2v) is 5.28. The van der Waals surface area contributed by atoms with E-state index in [1.165, 1.54) is 0 Å². The van der Waals surface area contributed by atoms with E-state index < -0.39 is 18.1 Å². The number of hydrogen-bond acceptors (Lipinski definition) is 3. The molecule has 1 unspecified atom stereocenters. The first kappa shape index (κ1) is 14.2. The number of hydrogen-bond donors (Lipinski definition) is 1. The van der Waals surface area contributed by atoms with E-state index in [2.05, 4.69) is 5.32 Å². The van der Waals surface area contributed by atoms with E-state index >= 15 is 0 Å². The van der Waals surface area contributed by atoms with Crippen molar-refractivity contribution < 1.29 is 18.3 Å². The van der Waals surface area contributed by atoms with Gasteiger partial charge in [0.25, 0.3) is 6.43 Å². The molecule has 1 atom stereocenters. The van der Waals surface area contributed by atoms with Crippen molar-refractivity contribution in [3.63, 3.8) is 0 Å². The Morgan fingerprint density at radius 3 is 2.71 bits per heavy atom. The molecule has 17 heavy (non-hydrogen) atoms. The largest absolute Gasteiger partial charge is 0.444 e. The van der Waals surface area contributed by atoms with Gasteiger partial charge < -0.3 is 10.1 Å². The first-order chi connectivity index (χ1) is 7.76. The van der Waals surface area contributed by atoms with Gasteiger partial charge in [0, 0.05) is 19.1 Å². The highest BCUT2D eigenvalue weighted by molar-refractivity contribution is 5.68. The molecule has 1 N–H and O–H groups in total. The molecule has 1 saturated heterocycles. The Morgan fingerprint density at radius 1 is 1.53 bits per heavy atom. The zero-order valence-electron chi connectivity index (χ0n) is 10.5. The number of ether oxygens (including phenoxy) is 1. The fraction of sp³-hybridized carbons (Fsp3) is 0.909. The van der Waals surface area contributed by atoms with Crippen LogP contribution in [0, 0.1) is 0 Å². The van der Waals surface area contributed by atoms with Crippen LogP contribution in [-0.2, 0) is 4.74 Å². The van der Waals surface area contributed by atoms with Crippen LogP contribution in [0.2, 0.25) is 0 Å². The molecule has 0 bridgehead atoms. The Balaban J connectivity index is 2.28. The Kier molecular flexibility index (Phi) is 4.68. The molecule has 1 amide bonds. The van der Waals surface area contributed by atoms with Crippen molar-refractivity contribution >= 4 is 6.09 Å². The van der Waals surface area contributed by atoms with E-state index in [1.54, 1.807) is 25.7 Å². The van der Waals surface area contributed by atoms with Crippen molar-refractivity contribution in [1.82, 2.24) is 10.2 Å². The van der Waals surface area contributed by atoms with E-state index in [9.17, 15) is 13.6 Å². The Morgan fingerprint density at radius 2 is 2.18 bits per heavy atom. The second-order valence-electron chi connectivity index (χ2n) is 5.28. The number of nitrogens with one attached hydrogen (secondary N) is 1. The number of halogens is 2. The van der Waals surface area contributed by atoms with Crippen LogP contribution in [0.4, 0.5) is 13.6 Å². The van der Waals surface area contributed by atoms with Crippen LogP contribution >= 0.6 is 0 Å². The SMILES string of the molecule is CC(C)(C)OC(=O)NC1CCN(CC(F)F)C1. The maximum atomic E-state index is 12.1. The molecule has 1 rings (SSSR count). The van der Waals surface area contributed by atoms with Gasteiger partial charge in [0.2, 0.25) is 0 Å². The van der Waals surface area contributed by atoms with Gasteiger partial charge in [-0.25, -0.2) is 13.6 Å². The number of alkyl halides is 2. The summed E-state index contributed by atoms with van der Waals surface area (Å²) in [6.07, 6.45) is -2.12. The van der Waals surface area contributed by atoms with Crippen molar-refractivity contribution in [2.24, 2.45) is 0 Å². The van der Waals surface area contributed by atoms with Gasteiger partial charge in [-0.2, -0.15) is 0 Å². The highest BCUT2D eigenvalue weighted by atomic mass is 19.3. The number of nitrogens with zero attached hydrogens (tertiary/aromatic N) is 1. The summed E-state index contributed by atoms with van der Waals surface area (Å²) < 4.78 is 29.4. The first-order valence-electron chi connectivity index (χ1n) is 5.76. The summed E-state index contributed by atoms with van der Waals surface area (Å²) in [5.74, 6) is 0. The fourth-order valence-electron chi connectivity index (χ4n) is 1.79. The number of rotatable bonds is 3. The van der Waals surface area contributed by atoms with Gasteiger partial charge in [0.05, 0.1) is 6.54 Å². The third kappa shape index (κ3) is 5.81. The quantitative estimate of drug-likeness (QED) is 0.831. The average molecular weight is 250 g/mol. The molecule has 1 heterocycles. The molecule has 1 aliphatic rings. The smallest absolute Gasteiger partial charge is 0.407 e. The summed E-state index contributed by atoms with van der Waals surface area (Å²) in [4.78, 5) is 13.1. The maximum absolute atomic E-state index is 12.1. The third-order valence-corrected chi connectivity index (χ3v) is 2.39. The zero-order chi connectivity index (χ0) is 13.1. The molecule has 0 spiro atoms. The molecule has 0 aliphatic carbocycles. The summed E-state index contributed by atoms with van der Waals surface area (Å²) in [6, 6.07) is -0.0939. The lowest BCUT2D eigenvalue weighted by Gasteiger charge is -2.22. The van der Waals surface area contributed by atoms with Gasteiger partial charge >= 0.3 is 6.09 Å². The molecule has 1 aliphatic heterocycles. The summed E-state index contributed by atoms with van der Waals surface area (Å²) in [5.41, 5.74) is -0.536. The molecule has 0 aromatic rings. The number of carbonyl (C=O) groups excluding carboxylic acids is 1. The van der Waals surface area contributed by atoms with E-state index in [-0.39, 0.29) is 12.6 Å². The predicted molar refractivity (Wildman–Crippen MR) is 60.2 cm³/mol. The Hall–Kier alpha value is -0.910. The average Bonchev–Trinajstić information content (AvgIpc) is 2.46. The van der Waals surface area contributed by atoms with Crippen molar-refractivity contribution in [3.8, 4) is 0 Å². The fourth-order valence-corrected chi connectivity index (χ4v) is 1.79. The van der Waals surface area contributed by atoms with Gasteiger partial charge in [0.1, 0.15) is 5.60 Å². The van der Waals surface area contributed by atoms with Crippen LogP contribution in [0.1, 0.15) is 27.2 Å². The summed E-state index contributed by atoms with van der Waals surface area (Å²) in [7, 11) is 0. The topological polar surface area (TPSA) is 41.6 Å². The van der Waals surface area contributed by atoms with Crippen LogP contribution in [0.25, 0.3) is 0 Å². The Labute approximate surface area is 100 Å². The lowest BCUT2D eigenvalue weighted by molar-refractivity contribution is 0.0503. The van der Waals surface area contributed by atoms with Crippen molar-refractivity contribution in [3.05, 3.63) is 0 Å². The molecule has 0 aromatic heterocycles. The minimum absolute atomic E-state index is 0.0939. The number of likely N-dealkylation sites (tertiary alicyclic amines) is 1. The molecule has 100 valence electrons.